The van der Waals surface area contributed by atoms with Crippen molar-refractivity contribution in [1.82, 2.24) is 15.2 Å². The summed E-state index contributed by atoms with van der Waals surface area (Å²) in [6.07, 6.45) is -2.40. The molecule has 1 aromatic carbocycles. The van der Waals surface area contributed by atoms with Crippen molar-refractivity contribution in [2.75, 3.05) is 20.3 Å². The molecule has 0 aliphatic heterocycles. The van der Waals surface area contributed by atoms with Crippen LogP contribution in [0, 0.1) is 0 Å². The molecule has 0 fully saturated rings. The number of pyridine rings is 1. The summed E-state index contributed by atoms with van der Waals surface area (Å²) < 4.78 is 45.3. The number of aromatic nitrogens is 3. The highest BCUT2D eigenvalue weighted by atomic mass is 19.4. The molecular formula is C19H21F3N4O. The lowest BCUT2D eigenvalue weighted by molar-refractivity contribution is -0.139. The molecule has 144 valence electrons. The zero-order valence-electron chi connectivity index (χ0n) is 15.1. The Morgan fingerprint density at radius 2 is 2.00 bits per heavy atom. The van der Waals surface area contributed by atoms with Gasteiger partial charge in [-0.25, -0.2) is 4.98 Å². The van der Waals surface area contributed by atoms with Gasteiger partial charge in [-0.2, -0.15) is 18.3 Å². The Bertz CT molecular complexity index is 938. The second-order valence-corrected chi connectivity index (χ2v) is 6.74. The minimum atomic E-state index is -4.57. The number of nitrogens with zero attached hydrogens (tertiary/aromatic N) is 2. The molecule has 1 unspecified atom stereocenters. The third kappa shape index (κ3) is 3.68. The largest absolute Gasteiger partial charge is 0.435 e. The molecule has 2 aromatic heterocycles. The molecule has 8 heteroatoms. The summed E-state index contributed by atoms with van der Waals surface area (Å²) in [6, 6.07) is 8.99. The van der Waals surface area contributed by atoms with Crippen LogP contribution in [0.1, 0.15) is 24.6 Å². The van der Waals surface area contributed by atoms with Gasteiger partial charge in [0.25, 0.3) is 0 Å². The molecule has 27 heavy (non-hydrogen) atoms. The first kappa shape index (κ1) is 19.3. The number of halogens is 3. The van der Waals surface area contributed by atoms with E-state index in [1.54, 1.807) is 19.2 Å². The number of H-pyrrole nitrogens is 1. The number of benzene rings is 1. The smallest absolute Gasteiger partial charge is 0.385 e. The number of hydrogen-bond donors (Lipinski definition) is 2. The van der Waals surface area contributed by atoms with Gasteiger partial charge in [0.1, 0.15) is 0 Å². The maximum absolute atomic E-state index is 13.4. The van der Waals surface area contributed by atoms with Gasteiger partial charge >= 0.3 is 6.18 Å². The number of fused-ring (bicyclic) bond motifs is 1. The van der Waals surface area contributed by atoms with Crippen LogP contribution < -0.4 is 5.73 Å². The highest BCUT2D eigenvalue weighted by molar-refractivity contribution is 5.94. The number of nitrogens with one attached hydrogen (secondary N) is 1. The lowest BCUT2D eigenvalue weighted by Crippen LogP contribution is -2.33. The van der Waals surface area contributed by atoms with E-state index in [1.807, 2.05) is 25.1 Å². The maximum Gasteiger partial charge on any atom is 0.435 e. The Morgan fingerprint density at radius 1 is 1.22 bits per heavy atom. The average molecular weight is 378 g/mol. The normalized spacial score (nSPS) is 14.4. The van der Waals surface area contributed by atoms with Crippen LogP contribution >= 0.6 is 0 Å². The molecule has 0 saturated carbocycles. The van der Waals surface area contributed by atoms with Gasteiger partial charge < -0.3 is 10.5 Å². The number of alkyl halides is 3. The van der Waals surface area contributed by atoms with E-state index in [4.69, 9.17) is 10.5 Å². The monoisotopic (exact) mass is 378 g/mol. The van der Waals surface area contributed by atoms with Gasteiger partial charge in [0.2, 0.25) is 0 Å². The van der Waals surface area contributed by atoms with E-state index in [1.165, 1.54) is 6.20 Å². The van der Waals surface area contributed by atoms with E-state index in [0.717, 1.165) is 5.56 Å². The highest BCUT2D eigenvalue weighted by Gasteiger charge is 2.37. The van der Waals surface area contributed by atoms with Gasteiger partial charge in [-0.1, -0.05) is 31.2 Å². The van der Waals surface area contributed by atoms with Crippen LogP contribution in [0.2, 0.25) is 0 Å². The second-order valence-electron chi connectivity index (χ2n) is 6.74. The van der Waals surface area contributed by atoms with E-state index in [9.17, 15) is 13.2 Å². The summed E-state index contributed by atoms with van der Waals surface area (Å²) in [5, 5.41) is 5.77. The van der Waals surface area contributed by atoms with Crippen LogP contribution in [0.5, 0.6) is 0 Å². The van der Waals surface area contributed by atoms with Gasteiger partial charge in [0.05, 0.1) is 5.39 Å². The van der Waals surface area contributed by atoms with Crippen molar-refractivity contribution in [2.24, 2.45) is 5.73 Å². The minimum Gasteiger partial charge on any atom is -0.385 e. The number of aromatic amines is 1. The third-order valence-electron chi connectivity index (χ3n) is 4.91. The topological polar surface area (TPSA) is 76.8 Å². The van der Waals surface area contributed by atoms with Crippen LogP contribution in [0.25, 0.3) is 22.2 Å². The zero-order chi connectivity index (χ0) is 19.7. The zero-order valence-corrected chi connectivity index (χ0v) is 15.1. The molecule has 0 saturated heterocycles. The van der Waals surface area contributed by atoms with Crippen molar-refractivity contribution in [3.05, 3.63) is 47.8 Å². The molecule has 0 aliphatic carbocycles. The summed E-state index contributed by atoms with van der Waals surface area (Å²) in [4.78, 5) is 3.97. The minimum absolute atomic E-state index is 0.0338. The molecule has 3 aromatic rings. The Balaban J connectivity index is 2.14. The standard InChI is InChI=1S/C19H21F3N4O/c1-18(11-23,7-9-27-2)13-5-3-4-12(10-13)14-6-8-24-17-15(14)16(25-26-17)19(20,21)22/h3-6,8,10H,7,9,11,23H2,1-2H3,(H,24,25,26). The molecule has 0 radical (unpaired) electrons. The average Bonchev–Trinajstić information content (AvgIpc) is 3.11. The van der Waals surface area contributed by atoms with Crippen molar-refractivity contribution in [3.8, 4) is 11.1 Å². The molecule has 0 spiro atoms. The predicted octanol–water partition coefficient (Wildman–Crippen LogP) is 3.90. The third-order valence-corrected chi connectivity index (χ3v) is 4.91. The first-order valence-electron chi connectivity index (χ1n) is 8.50. The molecule has 5 nitrogen and oxygen atoms in total. The van der Waals surface area contributed by atoms with Gasteiger partial charge in [-0.3, -0.25) is 5.10 Å². The van der Waals surface area contributed by atoms with Crippen molar-refractivity contribution in [1.29, 1.82) is 0 Å². The Kier molecular flexibility index (Phi) is 5.21. The fourth-order valence-corrected chi connectivity index (χ4v) is 3.15. The van der Waals surface area contributed by atoms with Crippen LogP contribution in [0.4, 0.5) is 13.2 Å². The fourth-order valence-electron chi connectivity index (χ4n) is 3.15. The first-order chi connectivity index (χ1) is 12.8. The van der Waals surface area contributed by atoms with Crippen molar-refractivity contribution in [2.45, 2.75) is 24.9 Å². The Morgan fingerprint density at radius 3 is 2.67 bits per heavy atom. The van der Waals surface area contributed by atoms with Gasteiger partial charge in [-0.15, -0.1) is 0 Å². The summed E-state index contributed by atoms with van der Waals surface area (Å²) in [6.45, 7) is 2.95. The maximum atomic E-state index is 13.4. The molecule has 3 N–H and O–H groups in total. The van der Waals surface area contributed by atoms with Crippen LogP contribution in [-0.4, -0.2) is 35.4 Å². The van der Waals surface area contributed by atoms with Gasteiger partial charge in [0.15, 0.2) is 11.3 Å². The molecular weight excluding hydrogens is 357 g/mol. The van der Waals surface area contributed by atoms with E-state index >= 15 is 0 Å². The van der Waals surface area contributed by atoms with Crippen LogP contribution in [-0.2, 0) is 16.3 Å². The Labute approximate surface area is 154 Å². The van der Waals surface area contributed by atoms with Crippen molar-refractivity contribution >= 4 is 11.0 Å². The first-order valence-corrected chi connectivity index (χ1v) is 8.50. The summed E-state index contributed by atoms with van der Waals surface area (Å²) in [7, 11) is 1.62. The van der Waals surface area contributed by atoms with E-state index < -0.39 is 11.9 Å². The number of ether oxygens (including phenoxy) is 1. The lowest BCUT2D eigenvalue weighted by atomic mass is 9.79. The highest BCUT2D eigenvalue weighted by Crippen LogP contribution is 2.38. The van der Waals surface area contributed by atoms with E-state index in [-0.39, 0.29) is 16.4 Å². The summed E-state index contributed by atoms with van der Waals surface area (Å²) in [5.41, 5.74) is 6.81. The molecule has 0 bridgehead atoms. The van der Waals surface area contributed by atoms with Crippen LogP contribution in [0.3, 0.4) is 0 Å². The molecule has 3 rings (SSSR count). The summed E-state index contributed by atoms with van der Waals surface area (Å²) in [5.74, 6) is 0. The fraction of sp³-hybridized carbons (Fsp3) is 0.368. The summed E-state index contributed by atoms with van der Waals surface area (Å²) >= 11 is 0. The molecule has 0 aliphatic rings. The van der Waals surface area contributed by atoms with E-state index in [0.29, 0.717) is 30.7 Å². The number of rotatable bonds is 6. The molecule has 0 amide bonds. The van der Waals surface area contributed by atoms with E-state index in [2.05, 4.69) is 15.2 Å². The van der Waals surface area contributed by atoms with Gasteiger partial charge in [0, 0.05) is 31.9 Å². The Hall–Kier alpha value is -2.45. The number of methoxy groups -OCH3 is 1. The predicted molar refractivity (Wildman–Crippen MR) is 97.2 cm³/mol. The quantitative estimate of drug-likeness (QED) is 0.682. The number of nitrogens with two attached hydrogens (primary N) is 1. The van der Waals surface area contributed by atoms with Gasteiger partial charge in [-0.05, 0) is 29.2 Å². The van der Waals surface area contributed by atoms with Crippen molar-refractivity contribution < 1.29 is 17.9 Å². The molecule has 1 atom stereocenters. The molecule has 2 heterocycles. The van der Waals surface area contributed by atoms with Crippen LogP contribution in [0.15, 0.2) is 36.5 Å². The van der Waals surface area contributed by atoms with Crippen molar-refractivity contribution in [3.63, 3.8) is 0 Å². The SMILES string of the molecule is COCCC(C)(CN)c1cccc(-c2ccnc3[nH]nc(C(F)(F)F)c23)c1. The second kappa shape index (κ2) is 7.28. The number of hydrogen-bond acceptors (Lipinski definition) is 4. The lowest BCUT2D eigenvalue weighted by Gasteiger charge is -2.29.